The molecule has 2 heterocycles. The molecule has 5 nitrogen and oxygen atoms in total. The van der Waals surface area contributed by atoms with Gasteiger partial charge in [0.15, 0.2) is 5.16 Å². The number of furan rings is 1. The maximum Gasteiger partial charge on any atom is 0.191 e. The molecule has 1 saturated carbocycles. The normalized spacial score (nSPS) is 14.0. The van der Waals surface area contributed by atoms with Crippen LogP contribution in [0.25, 0.3) is 0 Å². The summed E-state index contributed by atoms with van der Waals surface area (Å²) < 4.78 is 13.4. The van der Waals surface area contributed by atoms with E-state index < -0.39 is 0 Å². The topological polar surface area (TPSA) is 53.1 Å². The van der Waals surface area contributed by atoms with E-state index in [2.05, 4.69) is 14.8 Å². The fourth-order valence-corrected chi connectivity index (χ4v) is 3.47. The summed E-state index contributed by atoms with van der Waals surface area (Å²) in [5.74, 6) is 4.14. The summed E-state index contributed by atoms with van der Waals surface area (Å²) in [6.07, 6.45) is 4.09. The fraction of sp³-hybridized carbons (Fsp3) is 0.333. The number of ether oxygens (including phenoxy) is 1. The average molecular weight is 376 g/mol. The zero-order chi connectivity index (χ0) is 17.1. The van der Waals surface area contributed by atoms with Crippen molar-refractivity contribution in [3.8, 4) is 5.75 Å². The second kappa shape index (κ2) is 7.54. The van der Waals surface area contributed by atoms with Crippen LogP contribution in [0.4, 0.5) is 0 Å². The van der Waals surface area contributed by atoms with Crippen molar-refractivity contribution in [1.29, 1.82) is 0 Å². The molecule has 1 fully saturated rings. The minimum absolute atomic E-state index is 0.544. The molecule has 2 aromatic heterocycles. The van der Waals surface area contributed by atoms with Gasteiger partial charge in [-0.15, -0.1) is 10.2 Å². The lowest BCUT2D eigenvalue weighted by Gasteiger charge is -2.09. The largest absolute Gasteiger partial charge is 0.493 e. The molecule has 0 radical (unpaired) electrons. The number of aromatic nitrogens is 3. The Morgan fingerprint density at radius 3 is 2.76 bits per heavy atom. The van der Waals surface area contributed by atoms with E-state index in [4.69, 9.17) is 20.8 Å². The minimum atomic E-state index is 0.544. The van der Waals surface area contributed by atoms with E-state index in [1.807, 2.05) is 36.4 Å². The summed E-state index contributed by atoms with van der Waals surface area (Å²) in [7, 11) is 0. The molecule has 0 aliphatic heterocycles. The number of halogens is 1. The lowest BCUT2D eigenvalue weighted by Crippen LogP contribution is -2.07. The van der Waals surface area contributed by atoms with Crippen molar-refractivity contribution in [1.82, 2.24) is 14.8 Å². The van der Waals surface area contributed by atoms with Gasteiger partial charge in [-0.25, -0.2) is 0 Å². The van der Waals surface area contributed by atoms with Crippen LogP contribution in [0, 0.1) is 0 Å². The van der Waals surface area contributed by atoms with E-state index in [1.54, 1.807) is 18.0 Å². The van der Waals surface area contributed by atoms with Gasteiger partial charge in [-0.05, 0) is 49.2 Å². The molecule has 7 heteroatoms. The van der Waals surface area contributed by atoms with Crippen LogP contribution in [0.3, 0.4) is 0 Å². The number of nitrogens with zero attached hydrogens (tertiary/aromatic N) is 3. The molecule has 0 amide bonds. The first-order chi connectivity index (χ1) is 12.3. The standard InChI is InChI=1S/C18H18ClN3O2S/c19-14-5-7-15(8-6-14)24-10-11-25-18-21-20-17(13-3-4-13)22(18)12-16-2-1-9-23-16/h1-2,5-9,13H,3-4,10-12H2. The number of benzene rings is 1. The van der Waals surface area contributed by atoms with Gasteiger partial charge in [-0.3, -0.25) is 4.57 Å². The van der Waals surface area contributed by atoms with Crippen LogP contribution in [0.15, 0.2) is 52.2 Å². The molecule has 1 aliphatic rings. The third kappa shape index (κ3) is 4.19. The Morgan fingerprint density at radius 2 is 2.04 bits per heavy atom. The summed E-state index contributed by atoms with van der Waals surface area (Å²) in [6, 6.07) is 11.3. The first-order valence-electron chi connectivity index (χ1n) is 8.26. The van der Waals surface area contributed by atoms with Crippen molar-refractivity contribution in [2.24, 2.45) is 0 Å². The molecule has 1 aliphatic carbocycles. The molecule has 1 aromatic carbocycles. The Kier molecular flexibility index (Phi) is 4.99. The van der Waals surface area contributed by atoms with Crippen LogP contribution in [0.2, 0.25) is 5.02 Å². The molecule has 0 bridgehead atoms. The molecule has 0 saturated heterocycles. The highest BCUT2D eigenvalue weighted by Gasteiger charge is 2.30. The van der Waals surface area contributed by atoms with Crippen LogP contribution in [0.1, 0.15) is 30.3 Å². The number of rotatable bonds is 8. The monoisotopic (exact) mass is 375 g/mol. The summed E-state index contributed by atoms with van der Waals surface area (Å²) in [5, 5.41) is 10.4. The zero-order valence-electron chi connectivity index (χ0n) is 13.6. The maximum absolute atomic E-state index is 5.88. The molecule has 0 unspecified atom stereocenters. The highest BCUT2D eigenvalue weighted by molar-refractivity contribution is 7.99. The Labute approximate surface area is 155 Å². The summed E-state index contributed by atoms with van der Waals surface area (Å²) >= 11 is 7.53. The van der Waals surface area contributed by atoms with Crippen molar-refractivity contribution in [3.05, 3.63) is 59.3 Å². The van der Waals surface area contributed by atoms with E-state index in [0.29, 0.717) is 24.1 Å². The van der Waals surface area contributed by atoms with Crippen molar-refractivity contribution in [2.45, 2.75) is 30.5 Å². The van der Waals surface area contributed by atoms with E-state index in [9.17, 15) is 0 Å². The molecule has 0 atom stereocenters. The maximum atomic E-state index is 5.88. The van der Waals surface area contributed by atoms with Gasteiger partial charge >= 0.3 is 0 Å². The second-order valence-corrected chi connectivity index (χ2v) is 7.43. The van der Waals surface area contributed by atoms with Crippen LogP contribution in [-0.4, -0.2) is 27.1 Å². The highest BCUT2D eigenvalue weighted by atomic mass is 35.5. The number of hydrogen-bond donors (Lipinski definition) is 0. The minimum Gasteiger partial charge on any atom is -0.493 e. The average Bonchev–Trinajstić information content (AvgIpc) is 3.19. The Balaban J connectivity index is 1.37. The molecule has 25 heavy (non-hydrogen) atoms. The van der Waals surface area contributed by atoms with Gasteiger partial charge in [0.2, 0.25) is 0 Å². The third-order valence-corrected chi connectivity index (χ3v) is 5.16. The quantitative estimate of drug-likeness (QED) is 0.424. The third-order valence-electron chi connectivity index (χ3n) is 3.98. The Bertz CT molecular complexity index is 813. The SMILES string of the molecule is Clc1ccc(OCCSc2nnc(C3CC3)n2Cc2ccco2)cc1. The van der Waals surface area contributed by atoms with E-state index in [0.717, 1.165) is 28.2 Å². The van der Waals surface area contributed by atoms with Crippen LogP contribution >= 0.6 is 23.4 Å². The highest BCUT2D eigenvalue weighted by Crippen LogP contribution is 2.40. The molecule has 130 valence electrons. The summed E-state index contributed by atoms with van der Waals surface area (Å²) in [5.41, 5.74) is 0. The Hall–Kier alpha value is -1.92. The summed E-state index contributed by atoms with van der Waals surface area (Å²) in [6.45, 7) is 1.27. The van der Waals surface area contributed by atoms with Gasteiger partial charge in [0.25, 0.3) is 0 Å². The Morgan fingerprint density at radius 1 is 1.20 bits per heavy atom. The second-order valence-electron chi connectivity index (χ2n) is 5.93. The van der Waals surface area contributed by atoms with Gasteiger partial charge in [-0.1, -0.05) is 23.4 Å². The van der Waals surface area contributed by atoms with Crippen molar-refractivity contribution >= 4 is 23.4 Å². The molecule has 3 aromatic rings. The van der Waals surface area contributed by atoms with Gasteiger partial charge in [-0.2, -0.15) is 0 Å². The lowest BCUT2D eigenvalue weighted by molar-refractivity contribution is 0.344. The lowest BCUT2D eigenvalue weighted by atomic mass is 10.3. The fourth-order valence-electron chi connectivity index (χ4n) is 2.58. The van der Waals surface area contributed by atoms with Gasteiger partial charge in [0.1, 0.15) is 17.3 Å². The number of thioether (sulfide) groups is 1. The summed E-state index contributed by atoms with van der Waals surface area (Å²) in [4.78, 5) is 0. The molecule has 4 rings (SSSR count). The molecular weight excluding hydrogens is 358 g/mol. The molecular formula is C18H18ClN3O2S. The van der Waals surface area contributed by atoms with Crippen LogP contribution in [0.5, 0.6) is 5.75 Å². The van der Waals surface area contributed by atoms with Gasteiger partial charge in [0.05, 0.1) is 19.4 Å². The molecule has 0 spiro atoms. The smallest absolute Gasteiger partial charge is 0.191 e. The van der Waals surface area contributed by atoms with Crippen LogP contribution < -0.4 is 4.74 Å². The predicted octanol–water partition coefficient (Wildman–Crippen LogP) is 4.62. The number of hydrogen-bond acceptors (Lipinski definition) is 5. The van der Waals surface area contributed by atoms with Crippen LogP contribution in [-0.2, 0) is 6.54 Å². The first-order valence-corrected chi connectivity index (χ1v) is 9.62. The van der Waals surface area contributed by atoms with Gasteiger partial charge in [0, 0.05) is 16.7 Å². The zero-order valence-corrected chi connectivity index (χ0v) is 15.2. The van der Waals surface area contributed by atoms with Gasteiger partial charge < -0.3 is 9.15 Å². The molecule has 0 N–H and O–H groups in total. The van der Waals surface area contributed by atoms with E-state index in [-0.39, 0.29) is 0 Å². The first kappa shape index (κ1) is 16.5. The van der Waals surface area contributed by atoms with Crippen molar-refractivity contribution < 1.29 is 9.15 Å². The van der Waals surface area contributed by atoms with Crippen molar-refractivity contribution in [2.75, 3.05) is 12.4 Å². The van der Waals surface area contributed by atoms with E-state index >= 15 is 0 Å². The van der Waals surface area contributed by atoms with E-state index in [1.165, 1.54) is 12.8 Å². The predicted molar refractivity (Wildman–Crippen MR) is 97.5 cm³/mol. The van der Waals surface area contributed by atoms with Crippen molar-refractivity contribution in [3.63, 3.8) is 0 Å².